The fourth-order valence-electron chi connectivity index (χ4n) is 5.27. The lowest BCUT2D eigenvalue weighted by molar-refractivity contribution is 0.00227. The first kappa shape index (κ1) is 20.6. The predicted octanol–water partition coefficient (Wildman–Crippen LogP) is 2.84. The Bertz CT molecular complexity index is 729. The minimum atomic E-state index is -0.558. The van der Waals surface area contributed by atoms with Gasteiger partial charge in [-0.15, -0.1) is 6.58 Å². The molecular weight excluding hydrogens is 364 g/mol. The van der Waals surface area contributed by atoms with Crippen molar-refractivity contribution in [1.29, 1.82) is 0 Å². The minimum absolute atomic E-state index is 0.0929. The molecule has 1 amide bonds. The number of aliphatic hydroxyl groups is 1. The van der Waals surface area contributed by atoms with Crippen molar-refractivity contribution in [1.82, 2.24) is 20.0 Å². The van der Waals surface area contributed by atoms with Gasteiger partial charge in [0.25, 0.3) is 5.91 Å². The van der Waals surface area contributed by atoms with Crippen molar-refractivity contribution >= 4 is 5.91 Å². The van der Waals surface area contributed by atoms with E-state index in [4.69, 9.17) is 5.10 Å². The van der Waals surface area contributed by atoms with Gasteiger partial charge >= 0.3 is 0 Å². The highest BCUT2D eigenvalue weighted by Crippen LogP contribution is 2.30. The van der Waals surface area contributed by atoms with Gasteiger partial charge in [-0.25, -0.2) is 0 Å². The molecule has 4 rings (SSSR count). The summed E-state index contributed by atoms with van der Waals surface area (Å²) in [4.78, 5) is 15.2. The Hall–Kier alpha value is -1.66. The maximum atomic E-state index is 13.2. The number of allylic oxidation sites excluding steroid dienone is 1. The van der Waals surface area contributed by atoms with E-state index < -0.39 is 5.60 Å². The van der Waals surface area contributed by atoms with Gasteiger partial charge in [0.15, 0.2) is 5.69 Å². The van der Waals surface area contributed by atoms with E-state index in [-0.39, 0.29) is 5.91 Å². The summed E-state index contributed by atoms with van der Waals surface area (Å²) in [7, 11) is 0. The van der Waals surface area contributed by atoms with Crippen LogP contribution in [0.15, 0.2) is 12.7 Å². The number of likely N-dealkylation sites (tertiary alicyclic amines) is 1. The zero-order valence-electron chi connectivity index (χ0n) is 17.7. The van der Waals surface area contributed by atoms with Crippen LogP contribution in [0.3, 0.4) is 0 Å². The van der Waals surface area contributed by atoms with Crippen LogP contribution in [0.5, 0.6) is 0 Å². The van der Waals surface area contributed by atoms with Crippen LogP contribution >= 0.6 is 0 Å². The molecule has 2 aliphatic carbocycles. The summed E-state index contributed by atoms with van der Waals surface area (Å²) < 4.78 is 1.98. The van der Waals surface area contributed by atoms with Crippen LogP contribution in [0.4, 0.5) is 0 Å². The van der Waals surface area contributed by atoms with Gasteiger partial charge in [0, 0.05) is 36.9 Å². The van der Waals surface area contributed by atoms with Crippen molar-refractivity contribution in [2.24, 2.45) is 0 Å². The zero-order valence-corrected chi connectivity index (χ0v) is 17.7. The van der Waals surface area contributed by atoms with Gasteiger partial charge in [0.1, 0.15) is 0 Å². The second kappa shape index (κ2) is 9.00. The van der Waals surface area contributed by atoms with E-state index in [1.165, 1.54) is 18.5 Å². The Kier molecular flexibility index (Phi) is 6.40. The molecule has 0 spiro atoms. The third kappa shape index (κ3) is 4.58. The Morgan fingerprint density at radius 1 is 1.21 bits per heavy atom. The molecule has 0 aromatic carbocycles. The van der Waals surface area contributed by atoms with E-state index in [1.54, 1.807) is 0 Å². The standard InChI is InChI=1S/C23H36N4O2/c1-2-13-27-20-10-9-18(24-17-23(29)11-5-3-6-12-23)16-19(20)21(25-27)22(28)26-14-7-4-8-15-26/h2,18,24,29H,1,3-17H2/t18-/m0/s1. The van der Waals surface area contributed by atoms with Gasteiger partial charge in [-0.2, -0.15) is 5.10 Å². The highest BCUT2D eigenvalue weighted by atomic mass is 16.3. The molecule has 0 unspecified atom stereocenters. The van der Waals surface area contributed by atoms with Crippen LogP contribution in [-0.2, 0) is 19.4 Å². The second-order valence-corrected chi connectivity index (χ2v) is 9.20. The molecule has 0 bridgehead atoms. The van der Waals surface area contributed by atoms with E-state index in [0.717, 1.165) is 76.4 Å². The molecule has 2 N–H and O–H groups in total. The van der Waals surface area contributed by atoms with E-state index in [2.05, 4.69) is 11.9 Å². The average Bonchev–Trinajstić information content (AvgIpc) is 3.11. The Labute approximate surface area is 174 Å². The fourth-order valence-corrected chi connectivity index (χ4v) is 5.27. The first-order chi connectivity index (χ1) is 14.1. The largest absolute Gasteiger partial charge is 0.389 e. The van der Waals surface area contributed by atoms with E-state index in [9.17, 15) is 9.90 Å². The highest BCUT2D eigenvalue weighted by Gasteiger charge is 2.33. The lowest BCUT2D eigenvalue weighted by Gasteiger charge is -2.35. The number of nitrogens with zero attached hydrogens (tertiary/aromatic N) is 3. The normalized spacial score (nSPS) is 24.2. The molecule has 29 heavy (non-hydrogen) atoms. The van der Waals surface area contributed by atoms with E-state index in [0.29, 0.717) is 24.8 Å². The minimum Gasteiger partial charge on any atom is -0.389 e. The lowest BCUT2D eigenvalue weighted by Crippen LogP contribution is -2.47. The van der Waals surface area contributed by atoms with Crippen molar-refractivity contribution in [3.05, 3.63) is 29.6 Å². The Balaban J connectivity index is 1.49. The van der Waals surface area contributed by atoms with Crippen LogP contribution in [0.1, 0.15) is 79.5 Å². The predicted molar refractivity (Wildman–Crippen MR) is 114 cm³/mol. The highest BCUT2D eigenvalue weighted by molar-refractivity contribution is 5.94. The van der Waals surface area contributed by atoms with Crippen molar-refractivity contribution in [3.63, 3.8) is 0 Å². The summed E-state index contributed by atoms with van der Waals surface area (Å²) in [6.07, 6.45) is 13.3. The molecule has 1 aliphatic heterocycles. The summed E-state index contributed by atoms with van der Waals surface area (Å²) in [5.74, 6) is 0.0929. The van der Waals surface area contributed by atoms with Gasteiger partial charge in [-0.1, -0.05) is 25.3 Å². The third-order valence-corrected chi connectivity index (χ3v) is 7.00. The number of hydrogen-bond donors (Lipinski definition) is 2. The molecule has 160 valence electrons. The number of rotatable bonds is 6. The zero-order chi connectivity index (χ0) is 20.3. The molecule has 2 fully saturated rings. The molecule has 1 atom stereocenters. The number of fused-ring (bicyclic) bond motifs is 1. The number of aromatic nitrogens is 2. The average molecular weight is 401 g/mol. The number of piperidine rings is 1. The quantitative estimate of drug-likeness (QED) is 0.721. The van der Waals surface area contributed by atoms with Crippen molar-refractivity contribution < 1.29 is 9.90 Å². The van der Waals surface area contributed by atoms with E-state index in [1.807, 2.05) is 15.7 Å². The van der Waals surface area contributed by atoms with Crippen molar-refractivity contribution in [2.75, 3.05) is 19.6 Å². The van der Waals surface area contributed by atoms with Crippen molar-refractivity contribution in [2.45, 2.75) is 88.8 Å². The molecule has 1 aromatic heterocycles. The van der Waals surface area contributed by atoms with Gasteiger partial charge in [-0.05, 0) is 51.4 Å². The number of amides is 1. The molecule has 6 nitrogen and oxygen atoms in total. The summed E-state index contributed by atoms with van der Waals surface area (Å²) in [5, 5.41) is 19.2. The maximum Gasteiger partial charge on any atom is 0.274 e. The molecular formula is C23H36N4O2. The molecule has 0 radical (unpaired) electrons. The monoisotopic (exact) mass is 400 g/mol. The summed E-state index contributed by atoms with van der Waals surface area (Å²) in [5.41, 5.74) is 2.39. The number of nitrogens with one attached hydrogen (secondary N) is 1. The molecule has 2 heterocycles. The molecule has 3 aliphatic rings. The Morgan fingerprint density at radius 2 is 1.93 bits per heavy atom. The van der Waals surface area contributed by atoms with Crippen LogP contribution in [0.25, 0.3) is 0 Å². The number of carbonyl (C=O) groups is 1. The summed E-state index contributed by atoms with van der Waals surface area (Å²) in [6.45, 7) is 6.85. The molecule has 1 aromatic rings. The summed E-state index contributed by atoms with van der Waals surface area (Å²) in [6, 6.07) is 0.294. The molecule has 6 heteroatoms. The van der Waals surface area contributed by atoms with Crippen LogP contribution < -0.4 is 5.32 Å². The van der Waals surface area contributed by atoms with Gasteiger partial charge in [0.05, 0.1) is 12.1 Å². The van der Waals surface area contributed by atoms with Crippen LogP contribution in [-0.4, -0.2) is 57.0 Å². The van der Waals surface area contributed by atoms with Gasteiger partial charge < -0.3 is 15.3 Å². The maximum absolute atomic E-state index is 13.2. The third-order valence-electron chi connectivity index (χ3n) is 7.00. The van der Waals surface area contributed by atoms with Gasteiger partial charge in [0.2, 0.25) is 0 Å². The summed E-state index contributed by atoms with van der Waals surface area (Å²) >= 11 is 0. The topological polar surface area (TPSA) is 70.4 Å². The first-order valence-corrected chi connectivity index (χ1v) is 11.5. The van der Waals surface area contributed by atoms with Crippen LogP contribution in [0.2, 0.25) is 0 Å². The Morgan fingerprint density at radius 3 is 2.66 bits per heavy atom. The number of carbonyl (C=O) groups excluding carboxylic acids is 1. The molecule has 1 saturated carbocycles. The van der Waals surface area contributed by atoms with E-state index >= 15 is 0 Å². The molecule has 1 saturated heterocycles. The SMILES string of the molecule is C=CCn1nc(C(=O)N2CCCCC2)c2c1CC[C@H](NCC1(O)CCCCC1)C2. The first-order valence-electron chi connectivity index (χ1n) is 11.5. The fraction of sp³-hybridized carbons (Fsp3) is 0.739. The van der Waals surface area contributed by atoms with Crippen LogP contribution in [0, 0.1) is 0 Å². The van der Waals surface area contributed by atoms with Crippen molar-refractivity contribution in [3.8, 4) is 0 Å². The smallest absolute Gasteiger partial charge is 0.274 e. The second-order valence-electron chi connectivity index (χ2n) is 9.20. The number of hydrogen-bond acceptors (Lipinski definition) is 4. The lowest BCUT2D eigenvalue weighted by atomic mass is 9.84. The van der Waals surface area contributed by atoms with Gasteiger partial charge in [-0.3, -0.25) is 9.48 Å².